The fraction of sp³-hybridized carbons (Fsp3) is 0.545. The zero-order valence-corrected chi connectivity index (χ0v) is 20.6. The molecule has 1 fully saturated rings. The van der Waals surface area contributed by atoms with Crippen LogP contribution in [-0.4, -0.2) is 43.5 Å². The van der Waals surface area contributed by atoms with Gasteiger partial charge in [0.1, 0.15) is 0 Å². The van der Waals surface area contributed by atoms with Crippen molar-refractivity contribution in [1.29, 1.82) is 0 Å². The molecule has 33 heavy (non-hydrogen) atoms. The van der Waals surface area contributed by atoms with Crippen LogP contribution in [0.2, 0.25) is 0 Å². The van der Waals surface area contributed by atoms with E-state index in [0.717, 1.165) is 15.4 Å². The maximum atomic E-state index is 13.4. The van der Waals surface area contributed by atoms with Crippen LogP contribution in [0.3, 0.4) is 0 Å². The molecule has 11 heteroatoms. The van der Waals surface area contributed by atoms with Crippen LogP contribution in [-0.2, 0) is 22.0 Å². The third-order valence-corrected chi connectivity index (χ3v) is 7.40. The summed E-state index contributed by atoms with van der Waals surface area (Å²) >= 11 is 0. The third kappa shape index (κ3) is 5.72. The summed E-state index contributed by atoms with van der Waals surface area (Å²) < 4.78 is 33.0. The Labute approximate surface area is 195 Å². The summed E-state index contributed by atoms with van der Waals surface area (Å²) in [5, 5.41) is 19.5. The molecule has 1 aromatic heterocycles. The first-order chi connectivity index (χ1) is 15.5. The number of aromatic nitrogens is 2. The third-order valence-electron chi connectivity index (χ3n) is 5.72. The molecule has 2 N–H and O–H groups in total. The van der Waals surface area contributed by atoms with Gasteiger partial charge in [-0.1, -0.05) is 33.8 Å². The minimum absolute atomic E-state index is 0.202. The van der Waals surface area contributed by atoms with E-state index in [1.54, 1.807) is 19.2 Å². The molecule has 10 nitrogen and oxygen atoms in total. The maximum Gasteiger partial charge on any atom is 0.436 e. The minimum atomic E-state index is -4.64. The number of aryl methyl sites for hydroxylation is 1. The Morgan fingerprint density at radius 2 is 1.76 bits per heavy atom. The molecular formula is C22H33N5O5S. The van der Waals surface area contributed by atoms with Gasteiger partial charge in [0, 0.05) is 32.1 Å². The highest BCUT2D eigenvalue weighted by atomic mass is 32.2. The van der Waals surface area contributed by atoms with Crippen molar-refractivity contribution >= 4 is 27.6 Å². The molecule has 0 radical (unpaired) electrons. The Hall–Kier alpha value is -2.47. The number of anilines is 2. The monoisotopic (exact) mass is 479 g/mol. The summed E-state index contributed by atoms with van der Waals surface area (Å²) in [5.41, 5.74) is 2.63. The van der Waals surface area contributed by atoms with Crippen LogP contribution in [0.5, 0.6) is 0 Å². The summed E-state index contributed by atoms with van der Waals surface area (Å²) in [7, 11) is -2.99. The van der Waals surface area contributed by atoms with E-state index in [1.807, 2.05) is 27.7 Å². The molecule has 0 bridgehead atoms. The van der Waals surface area contributed by atoms with E-state index in [4.69, 9.17) is 4.74 Å². The minimum Gasteiger partial charge on any atom is -0.608 e. The number of urea groups is 1. The Morgan fingerprint density at radius 1 is 1.18 bits per heavy atom. The molecule has 1 unspecified atom stereocenters. The summed E-state index contributed by atoms with van der Waals surface area (Å²) in [6, 6.07) is 3.91. The Bertz CT molecular complexity index is 1050. The Morgan fingerprint density at radius 3 is 2.24 bits per heavy atom. The number of hydroxylamine groups is 1. The molecule has 0 aliphatic carbocycles. The number of benzene rings is 1. The molecule has 0 saturated carbocycles. The predicted molar refractivity (Wildman–Crippen MR) is 126 cm³/mol. The lowest BCUT2D eigenvalue weighted by Crippen LogP contribution is -3.14. The largest absolute Gasteiger partial charge is 0.608 e. The zero-order chi connectivity index (χ0) is 24.3. The molecule has 182 valence electrons. The van der Waals surface area contributed by atoms with E-state index in [2.05, 4.69) is 16.5 Å². The highest BCUT2D eigenvalue weighted by Gasteiger charge is 2.40. The summed E-state index contributed by atoms with van der Waals surface area (Å²) in [6.45, 7) is 8.86. The smallest absolute Gasteiger partial charge is 0.436 e. The second-order valence-electron chi connectivity index (χ2n) is 8.96. The number of hydrogen-bond acceptors (Lipinski definition) is 6. The number of rotatable bonds is 7. The van der Waals surface area contributed by atoms with Crippen molar-refractivity contribution in [2.24, 2.45) is 7.05 Å². The van der Waals surface area contributed by atoms with Gasteiger partial charge in [-0.05, 0) is 47.9 Å². The maximum absolute atomic E-state index is 13.4. The van der Waals surface area contributed by atoms with E-state index in [9.17, 15) is 18.4 Å². The second kappa shape index (κ2) is 10.2. The van der Waals surface area contributed by atoms with E-state index in [0.29, 0.717) is 31.7 Å². The molecule has 0 spiro atoms. The van der Waals surface area contributed by atoms with Gasteiger partial charge in [-0.15, -0.1) is 0 Å². The number of amides is 2. The van der Waals surface area contributed by atoms with Crippen molar-refractivity contribution in [2.75, 3.05) is 22.8 Å². The molecule has 1 aliphatic rings. The molecule has 3 rings (SSSR count). The van der Waals surface area contributed by atoms with Crippen molar-refractivity contribution in [3.8, 4) is 0 Å². The molecule has 1 aliphatic heterocycles. The van der Waals surface area contributed by atoms with Crippen molar-refractivity contribution in [3.05, 3.63) is 46.9 Å². The van der Waals surface area contributed by atoms with E-state index >= 15 is 0 Å². The van der Waals surface area contributed by atoms with E-state index in [1.165, 1.54) is 17.1 Å². The van der Waals surface area contributed by atoms with Gasteiger partial charge in [0.25, 0.3) is 0 Å². The lowest BCUT2D eigenvalue weighted by molar-refractivity contribution is -0.604. The Kier molecular flexibility index (Phi) is 7.78. The van der Waals surface area contributed by atoms with Gasteiger partial charge >= 0.3 is 16.2 Å². The zero-order valence-electron chi connectivity index (χ0n) is 19.7. The number of carbonyl (C=O) groups is 1. The fourth-order valence-corrected chi connectivity index (χ4v) is 5.23. The highest BCUT2D eigenvalue weighted by Crippen LogP contribution is 2.27. The number of quaternary nitrogens is 1. The van der Waals surface area contributed by atoms with Gasteiger partial charge in [-0.2, -0.15) is 18.0 Å². The number of nitrogens with zero attached hydrogens (tertiary/aromatic N) is 3. The van der Waals surface area contributed by atoms with Crippen LogP contribution in [0.1, 0.15) is 63.5 Å². The van der Waals surface area contributed by atoms with Crippen molar-refractivity contribution in [1.82, 2.24) is 9.78 Å². The van der Waals surface area contributed by atoms with Gasteiger partial charge in [0.05, 0.1) is 17.9 Å². The van der Waals surface area contributed by atoms with Crippen LogP contribution in [0.15, 0.2) is 30.6 Å². The number of ether oxygens (including phenoxy) is 1. The molecule has 1 aromatic carbocycles. The summed E-state index contributed by atoms with van der Waals surface area (Å²) in [6.07, 6.45) is 3.72. The first kappa shape index (κ1) is 25.2. The first-order valence-corrected chi connectivity index (χ1v) is 12.6. The van der Waals surface area contributed by atoms with Gasteiger partial charge in [0.2, 0.25) is 0 Å². The predicted octanol–water partition coefficient (Wildman–Crippen LogP) is 2.51. The van der Waals surface area contributed by atoms with Crippen molar-refractivity contribution < 1.29 is 22.4 Å². The molecule has 2 aromatic rings. The first-order valence-electron chi connectivity index (χ1n) is 11.1. The molecule has 1 saturated heterocycles. The highest BCUT2D eigenvalue weighted by molar-refractivity contribution is 7.86. The quantitative estimate of drug-likeness (QED) is 0.589. The fourth-order valence-electron chi connectivity index (χ4n) is 3.79. The van der Waals surface area contributed by atoms with Crippen LogP contribution in [0.25, 0.3) is 0 Å². The molecule has 1 atom stereocenters. The van der Waals surface area contributed by atoms with Gasteiger partial charge in [-0.25, -0.2) is 9.10 Å². The average molecular weight is 480 g/mol. The molecular weight excluding hydrogens is 446 g/mol. The average Bonchev–Trinajstić information content (AvgIpc) is 3.18. The molecule has 2 amide bonds. The standard InChI is InChI=1S/C22H33N5O5S/c1-15(2)17-10-18(16(3)4)12-19(11-17)24-22(28)27(29)33(30,31)26(20-6-8-32-9-7-20)21-13-23-25(5)14-21/h10-16,20,27H,6-9H2,1-5H3,(H,24,28). The lowest BCUT2D eigenvalue weighted by Gasteiger charge is -2.35. The van der Waals surface area contributed by atoms with Gasteiger partial charge in [-0.3, -0.25) is 10.00 Å². The van der Waals surface area contributed by atoms with E-state index in [-0.39, 0.29) is 17.5 Å². The topological polar surface area (TPSA) is 121 Å². The number of carbonyl (C=O) groups excluding carboxylic acids is 1. The number of hydrogen-bond donors (Lipinski definition) is 2. The van der Waals surface area contributed by atoms with Crippen LogP contribution in [0, 0.1) is 5.21 Å². The van der Waals surface area contributed by atoms with Crippen LogP contribution < -0.4 is 14.1 Å². The SMILES string of the molecule is CC(C)c1cc(NC(=O)[NH+]([O-])S(=O)(=O)N(c2cnn(C)c2)C2CCOCC2)cc(C(C)C)c1. The Balaban J connectivity index is 1.90. The normalized spacial score (nSPS) is 16.2. The summed E-state index contributed by atoms with van der Waals surface area (Å²) in [5.74, 6) is 0.404. The molecule has 2 heterocycles. The lowest BCUT2D eigenvalue weighted by atomic mass is 9.95. The van der Waals surface area contributed by atoms with Gasteiger partial charge < -0.3 is 9.94 Å². The second-order valence-corrected chi connectivity index (χ2v) is 10.7. The van der Waals surface area contributed by atoms with Crippen LogP contribution in [0.4, 0.5) is 16.2 Å². The van der Waals surface area contributed by atoms with Crippen molar-refractivity contribution in [2.45, 2.75) is 58.4 Å². The van der Waals surface area contributed by atoms with E-state index < -0.39 is 26.8 Å². The van der Waals surface area contributed by atoms with Gasteiger partial charge in [0.15, 0.2) is 0 Å². The van der Waals surface area contributed by atoms with Crippen molar-refractivity contribution in [3.63, 3.8) is 0 Å². The number of nitrogens with one attached hydrogen (secondary N) is 2. The van der Waals surface area contributed by atoms with Crippen LogP contribution >= 0.6 is 0 Å². The summed E-state index contributed by atoms with van der Waals surface area (Å²) in [4.78, 5) is 12.8.